The van der Waals surface area contributed by atoms with Crippen LogP contribution < -0.4 is 15.4 Å². The second kappa shape index (κ2) is 12.0. The maximum atomic E-state index is 5.45. The molecule has 0 amide bonds. The molecule has 0 aliphatic rings. The summed E-state index contributed by atoms with van der Waals surface area (Å²) in [6, 6.07) is 8.21. The number of hydrogen-bond donors (Lipinski definition) is 2. The van der Waals surface area contributed by atoms with Gasteiger partial charge in [-0.15, -0.1) is 24.0 Å². The third-order valence-corrected chi connectivity index (χ3v) is 4.90. The zero-order valence-corrected chi connectivity index (χ0v) is 20.8. The Morgan fingerprint density at radius 2 is 1.93 bits per heavy atom. The Labute approximate surface area is 191 Å². The molecular weight excluding hydrogens is 479 g/mol. The van der Waals surface area contributed by atoms with Crippen molar-refractivity contribution in [3.63, 3.8) is 0 Å². The smallest absolute Gasteiger partial charge is 0.191 e. The first-order valence-electron chi connectivity index (χ1n) is 10.1. The van der Waals surface area contributed by atoms with Gasteiger partial charge in [0, 0.05) is 30.5 Å². The molecule has 29 heavy (non-hydrogen) atoms. The average molecular weight is 514 g/mol. The van der Waals surface area contributed by atoms with Gasteiger partial charge >= 0.3 is 0 Å². The van der Waals surface area contributed by atoms with Crippen molar-refractivity contribution in [3.8, 4) is 5.75 Å². The second-order valence-electron chi connectivity index (χ2n) is 7.40. The number of nitrogens with zero attached hydrogens (tertiary/aromatic N) is 2. The van der Waals surface area contributed by atoms with Crippen molar-refractivity contribution in [2.45, 2.75) is 59.4 Å². The molecule has 0 saturated heterocycles. The van der Waals surface area contributed by atoms with Crippen LogP contribution in [-0.4, -0.2) is 31.3 Å². The zero-order chi connectivity index (χ0) is 20.6. The van der Waals surface area contributed by atoms with Crippen LogP contribution in [0.2, 0.25) is 0 Å². The van der Waals surface area contributed by atoms with Crippen LogP contribution >= 0.6 is 24.0 Å². The summed E-state index contributed by atoms with van der Waals surface area (Å²) in [4.78, 5) is 4.77. The molecule has 6 nitrogen and oxygen atoms in total. The quantitative estimate of drug-likeness (QED) is 0.294. The van der Waals surface area contributed by atoms with Gasteiger partial charge in [-0.05, 0) is 31.0 Å². The first-order chi connectivity index (χ1) is 13.4. The van der Waals surface area contributed by atoms with Gasteiger partial charge in [-0.2, -0.15) is 0 Å². The van der Waals surface area contributed by atoms with E-state index in [-0.39, 0.29) is 29.4 Å². The molecule has 0 fully saturated rings. The van der Waals surface area contributed by atoms with Gasteiger partial charge in [-0.1, -0.05) is 45.0 Å². The molecule has 2 N–H and O–H groups in total. The minimum atomic E-state index is -0.0783. The maximum Gasteiger partial charge on any atom is 0.191 e. The summed E-state index contributed by atoms with van der Waals surface area (Å²) in [7, 11) is 1.69. The van der Waals surface area contributed by atoms with Crippen molar-refractivity contribution in [1.82, 2.24) is 15.8 Å². The van der Waals surface area contributed by atoms with E-state index in [1.807, 2.05) is 12.1 Å². The largest absolute Gasteiger partial charge is 0.497 e. The third-order valence-electron chi connectivity index (χ3n) is 4.90. The van der Waals surface area contributed by atoms with E-state index < -0.39 is 0 Å². The third kappa shape index (κ3) is 6.90. The van der Waals surface area contributed by atoms with Crippen LogP contribution in [0, 0.1) is 0 Å². The van der Waals surface area contributed by atoms with Crippen LogP contribution in [0.3, 0.4) is 0 Å². The molecule has 0 aliphatic heterocycles. The van der Waals surface area contributed by atoms with Crippen molar-refractivity contribution in [1.29, 1.82) is 0 Å². The normalized spacial score (nSPS) is 11.7. The van der Waals surface area contributed by atoms with Gasteiger partial charge in [0.2, 0.25) is 0 Å². The fourth-order valence-corrected chi connectivity index (χ4v) is 3.07. The number of methoxy groups -OCH3 is 1. The van der Waals surface area contributed by atoms with Gasteiger partial charge in [0.25, 0.3) is 0 Å². The number of nitrogens with one attached hydrogen (secondary N) is 2. The lowest BCUT2D eigenvalue weighted by Crippen LogP contribution is -2.43. The highest BCUT2D eigenvalue weighted by molar-refractivity contribution is 14.0. The van der Waals surface area contributed by atoms with Crippen molar-refractivity contribution in [3.05, 3.63) is 46.8 Å². The number of benzene rings is 1. The number of hydrogen-bond acceptors (Lipinski definition) is 4. The van der Waals surface area contributed by atoms with Gasteiger partial charge in [-0.25, -0.2) is 4.99 Å². The summed E-state index contributed by atoms with van der Waals surface area (Å²) in [5, 5.41) is 11.0. The minimum absolute atomic E-state index is 0. The average Bonchev–Trinajstić information content (AvgIpc) is 3.12. The predicted molar refractivity (Wildman–Crippen MR) is 130 cm³/mol. The van der Waals surface area contributed by atoms with Crippen LogP contribution in [0.5, 0.6) is 5.75 Å². The highest BCUT2D eigenvalue weighted by Gasteiger charge is 2.21. The molecule has 0 radical (unpaired) electrons. The minimum Gasteiger partial charge on any atom is -0.497 e. The molecule has 2 aromatic rings. The Morgan fingerprint density at radius 3 is 2.55 bits per heavy atom. The predicted octanol–water partition coefficient (Wildman–Crippen LogP) is 4.46. The Kier molecular flexibility index (Phi) is 10.5. The lowest BCUT2D eigenvalue weighted by Gasteiger charge is -2.27. The number of guanidine groups is 1. The number of aliphatic imine (C=N–C) groups is 1. The molecule has 0 aliphatic carbocycles. The van der Waals surface area contributed by atoms with Crippen LogP contribution in [-0.2, 0) is 24.8 Å². The Hall–Kier alpha value is -1.77. The monoisotopic (exact) mass is 514 g/mol. The van der Waals surface area contributed by atoms with E-state index >= 15 is 0 Å². The zero-order valence-electron chi connectivity index (χ0n) is 18.5. The van der Waals surface area contributed by atoms with E-state index in [0.29, 0.717) is 6.54 Å². The standard InChI is InChI=1S/C22H34N4O2.HI/c1-7-19-18(20(8-2)28-26-19)14-24-21(23-9-3)25-15-22(4,5)16-11-10-12-17(13-16)27-6;/h10-13H,7-9,14-15H2,1-6H3,(H2,23,24,25);1H. The molecule has 7 heteroatoms. The molecule has 162 valence electrons. The highest BCUT2D eigenvalue weighted by atomic mass is 127. The summed E-state index contributed by atoms with van der Waals surface area (Å²) in [5.41, 5.74) is 3.24. The van der Waals surface area contributed by atoms with E-state index in [0.717, 1.165) is 54.7 Å². The fraction of sp³-hybridized carbons (Fsp3) is 0.545. The second-order valence-corrected chi connectivity index (χ2v) is 7.40. The van der Waals surface area contributed by atoms with Crippen LogP contribution in [0.15, 0.2) is 33.8 Å². The molecule has 1 aromatic carbocycles. The molecule has 0 atom stereocenters. The SMILES string of the molecule is CCNC(=NCc1c(CC)noc1CC)NCC(C)(C)c1cccc(OC)c1.I. The maximum absolute atomic E-state index is 5.45. The number of aryl methyl sites for hydroxylation is 2. The molecule has 0 bridgehead atoms. The van der Waals surface area contributed by atoms with Crippen molar-refractivity contribution >= 4 is 29.9 Å². The first-order valence-corrected chi connectivity index (χ1v) is 10.1. The lowest BCUT2D eigenvalue weighted by atomic mass is 9.84. The summed E-state index contributed by atoms with van der Waals surface area (Å²) >= 11 is 0. The Morgan fingerprint density at radius 1 is 1.17 bits per heavy atom. The summed E-state index contributed by atoms with van der Waals surface area (Å²) in [5.74, 6) is 2.59. The van der Waals surface area contributed by atoms with Gasteiger partial charge in [-0.3, -0.25) is 0 Å². The highest BCUT2D eigenvalue weighted by Crippen LogP contribution is 2.25. The van der Waals surface area contributed by atoms with Crippen molar-refractivity contribution < 1.29 is 9.26 Å². The van der Waals surface area contributed by atoms with E-state index in [4.69, 9.17) is 14.3 Å². The molecule has 0 saturated carbocycles. The van der Waals surface area contributed by atoms with Crippen molar-refractivity contribution in [2.75, 3.05) is 20.2 Å². The topological polar surface area (TPSA) is 71.7 Å². The first kappa shape index (κ1) is 25.3. The Bertz CT molecular complexity index is 765. The van der Waals surface area contributed by atoms with Crippen LogP contribution in [0.25, 0.3) is 0 Å². The number of aromatic nitrogens is 1. The summed E-state index contributed by atoms with van der Waals surface area (Å²) < 4.78 is 10.8. The van der Waals surface area contributed by atoms with Gasteiger partial charge in [0.1, 0.15) is 11.5 Å². The molecule has 0 spiro atoms. The number of rotatable bonds is 9. The van der Waals surface area contributed by atoms with Gasteiger partial charge < -0.3 is 19.9 Å². The van der Waals surface area contributed by atoms with Crippen LogP contribution in [0.1, 0.15) is 57.2 Å². The van der Waals surface area contributed by atoms with E-state index in [1.54, 1.807) is 7.11 Å². The summed E-state index contributed by atoms with van der Waals surface area (Å²) in [6.45, 7) is 12.8. The van der Waals surface area contributed by atoms with E-state index in [1.165, 1.54) is 5.56 Å². The lowest BCUT2D eigenvalue weighted by molar-refractivity contribution is 0.380. The molecule has 2 rings (SSSR count). The van der Waals surface area contributed by atoms with Gasteiger partial charge in [0.15, 0.2) is 5.96 Å². The number of ether oxygens (including phenoxy) is 1. The van der Waals surface area contributed by atoms with Crippen LogP contribution in [0.4, 0.5) is 0 Å². The molecule has 1 aromatic heterocycles. The molecule has 1 heterocycles. The summed E-state index contributed by atoms with van der Waals surface area (Å²) in [6.07, 6.45) is 1.67. The molecule has 0 unspecified atom stereocenters. The fourth-order valence-electron chi connectivity index (χ4n) is 3.07. The van der Waals surface area contributed by atoms with Gasteiger partial charge in [0.05, 0.1) is 19.3 Å². The Balaban J connectivity index is 0.00000420. The molecular formula is C22H35IN4O2. The van der Waals surface area contributed by atoms with E-state index in [2.05, 4.69) is 62.5 Å². The number of halogens is 1. The van der Waals surface area contributed by atoms with Crippen molar-refractivity contribution in [2.24, 2.45) is 4.99 Å². The van der Waals surface area contributed by atoms with E-state index in [9.17, 15) is 0 Å².